The third kappa shape index (κ3) is 3.89. The molecule has 2 heterocycles. The van der Waals surface area contributed by atoms with Crippen LogP contribution in [0.4, 0.5) is 0 Å². The van der Waals surface area contributed by atoms with Crippen molar-refractivity contribution in [3.63, 3.8) is 0 Å². The number of fused-ring (bicyclic) bond motifs is 1. The molecule has 7 heteroatoms. The summed E-state index contributed by atoms with van der Waals surface area (Å²) in [6.07, 6.45) is 0.694. The summed E-state index contributed by atoms with van der Waals surface area (Å²) >= 11 is 7.52. The number of amidine groups is 1. The maximum atomic E-state index is 13.2. The van der Waals surface area contributed by atoms with E-state index in [1.54, 1.807) is 24.0 Å². The van der Waals surface area contributed by atoms with E-state index < -0.39 is 12.0 Å². The van der Waals surface area contributed by atoms with Gasteiger partial charge in [-0.1, -0.05) is 72.8 Å². The van der Waals surface area contributed by atoms with E-state index in [0.29, 0.717) is 27.9 Å². The molecule has 154 valence electrons. The average molecular weight is 441 g/mol. The number of amides is 1. The Balaban J connectivity index is 1.71. The van der Waals surface area contributed by atoms with Gasteiger partial charge in [0.15, 0.2) is 5.17 Å². The Hall–Kier alpha value is -2.57. The minimum Gasteiger partial charge on any atom is -0.457 e. The highest BCUT2D eigenvalue weighted by atomic mass is 35.5. The number of hydrogen-bond acceptors (Lipinski definition) is 5. The number of hydrogen-bond donors (Lipinski definition) is 0. The highest BCUT2D eigenvalue weighted by Crippen LogP contribution is 2.44. The van der Waals surface area contributed by atoms with Crippen LogP contribution in [0.3, 0.4) is 0 Å². The summed E-state index contributed by atoms with van der Waals surface area (Å²) in [4.78, 5) is 32.5. The fourth-order valence-corrected chi connectivity index (χ4v) is 4.87. The molecule has 0 aliphatic carbocycles. The van der Waals surface area contributed by atoms with Crippen molar-refractivity contribution in [2.45, 2.75) is 38.2 Å². The van der Waals surface area contributed by atoms with Crippen LogP contribution in [-0.4, -0.2) is 27.2 Å². The topological polar surface area (TPSA) is 59.0 Å². The van der Waals surface area contributed by atoms with Gasteiger partial charge in [-0.25, -0.2) is 9.79 Å². The molecule has 0 radical (unpaired) electrons. The third-order valence-corrected chi connectivity index (χ3v) is 6.71. The number of esters is 1. The van der Waals surface area contributed by atoms with E-state index in [1.165, 1.54) is 11.8 Å². The lowest BCUT2D eigenvalue weighted by Crippen LogP contribution is -2.40. The van der Waals surface area contributed by atoms with Crippen molar-refractivity contribution in [2.24, 2.45) is 4.99 Å². The van der Waals surface area contributed by atoms with Crippen LogP contribution in [0.25, 0.3) is 0 Å². The lowest BCUT2D eigenvalue weighted by atomic mass is 9.94. The van der Waals surface area contributed by atoms with Crippen LogP contribution in [0.2, 0.25) is 5.02 Å². The van der Waals surface area contributed by atoms with Gasteiger partial charge in [0.1, 0.15) is 6.61 Å². The number of carbonyl (C=O) groups excluding carboxylic acids is 2. The van der Waals surface area contributed by atoms with Crippen molar-refractivity contribution in [1.82, 2.24) is 4.90 Å². The summed E-state index contributed by atoms with van der Waals surface area (Å²) in [5.41, 5.74) is 2.63. The maximum absolute atomic E-state index is 13.2. The molecule has 2 aliphatic heterocycles. The summed E-state index contributed by atoms with van der Waals surface area (Å²) in [5.74, 6) is -0.515. The van der Waals surface area contributed by atoms with Crippen molar-refractivity contribution in [2.75, 3.05) is 0 Å². The number of nitrogens with zero attached hydrogens (tertiary/aromatic N) is 2. The van der Waals surface area contributed by atoms with E-state index in [9.17, 15) is 9.59 Å². The molecule has 2 aromatic rings. The standard InChI is InChI=1S/C23H21ClN2O3S/c1-3-18-21(27)26-20(16-9-11-17(24)12-10-16)19(14(2)25-23(26)30-18)22(28)29-13-15-7-5-4-6-8-15/h4-12,18,20H,3,13H2,1-2H3. The average Bonchev–Trinajstić information content (AvgIpc) is 3.07. The number of ether oxygens (including phenoxy) is 1. The largest absolute Gasteiger partial charge is 0.457 e. The highest BCUT2D eigenvalue weighted by Gasteiger charge is 2.47. The SMILES string of the molecule is CCC1SC2=NC(C)=C(C(=O)OCc3ccccc3)C(c3ccc(Cl)cc3)N2C1=O. The molecule has 2 aromatic carbocycles. The first-order valence-corrected chi connectivity index (χ1v) is 11.0. The molecule has 1 fully saturated rings. The van der Waals surface area contributed by atoms with Gasteiger partial charge in [-0.2, -0.15) is 0 Å². The van der Waals surface area contributed by atoms with Crippen molar-refractivity contribution >= 4 is 40.4 Å². The summed E-state index contributed by atoms with van der Waals surface area (Å²) < 4.78 is 5.61. The van der Waals surface area contributed by atoms with Crippen LogP contribution < -0.4 is 0 Å². The molecule has 2 atom stereocenters. The zero-order valence-corrected chi connectivity index (χ0v) is 18.2. The lowest BCUT2D eigenvalue weighted by molar-refractivity contribution is -0.141. The van der Waals surface area contributed by atoms with Gasteiger partial charge >= 0.3 is 5.97 Å². The fraction of sp³-hybridized carbons (Fsp3) is 0.261. The molecule has 0 saturated carbocycles. The molecule has 1 saturated heterocycles. The molecule has 30 heavy (non-hydrogen) atoms. The predicted octanol–water partition coefficient (Wildman–Crippen LogP) is 5.12. The molecule has 5 nitrogen and oxygen atoms in total. The molecular formula is C23H21ClN2O3S. The molecular weight excluding hydrogens is 420 g/mol. The second-order valence-electron chi connectivity index (χ2n) is 7.13. The van der Waals surface area contributed by atoms with E-state index in [1.807, 2.05) is 49.4 Å². The van der Waals surface area contributed by atoms with E-state index in [4.69, 9.17) is 16.3 Å². The number of benzene rings is 2. The normalized spacial score (nSPS) is 20.8. The molecule has 0 bridgehead atoms. The van der Waals surface area contributed by atoms with Crippen LogP contribution in [0.15, 0.2) is 70.9 Å². The first kappa shape index (κ1) is 20.7. The summed E-state index contributed by atoms with van der Waals surface area (Å²) in [7, 11) is 0. The minimum atomic E-state index is -0.588. The quantitative estimate of drug-likeness (QED) is 0.605. The van der Waals surface area contributed by atoms with Crippen LogP contribution in [-0.2, 0) is 20.9 Å². The summed E-state index contributed by atoms with van der Waals surface area (Å²) in [5, 5.41) is 1.01. The number of carbonyl (C=O) groups is 2. The van der Waals surface area contributed by atoms with E-state index in [-0.39, 0.29) is 17.8 Å². The smallest absolute Gasteiger partial charge is 0.338 e. The van der Waals surface area contributed by atoms with Gasteiger partial charge in [0, 0.05) is 5.02 Å². The van der Waals surface area contributed by atoms with E-state index in [0.717, 1.165) is 11.1 Å². The molecule has 1 amide bonds. The van der Waals surface area contributed by atoms with Crippen molar-refractivity contribution in [3.05, 3.63) is 82.0 Å². The second kappa shape index (κ2) is 8.66. The van der Waals surface area contributed by atoms with Gasteiger partial charge in [0.25, 0.3) is 0 Å². The molecule has 0 spiro atoms. The maximum Gasteiger partial charge on any atom is 0.338 e. The number of aliphatic imine (C=N–C) groups is 1. The zero-order valence-electron chi connectivity index (χ0n) is 16.7. The Labute approximate surface area is 184 Å². The summed E-state index contributed by atoms with van der Waals surface area (Å²) in [6.45, 7) is 3.92. The van der Waals surface area contributed by atoms with Crippen molar-refractivity contribution in [1.29, 1.82) is 0 Å². The molecule has 0 aromatic heterocycles. The Bertz CT molecular complexity index is 1030. The third-order valence-electron chi connectivity index (χ3n) is 5.14. The van der Waals surface area contributed by atoms with Gasteiger partial charge in [-0.05, 0) is 36.6 Å². The van der Waals surface area contributed by atoms with Crippen LogP contribution in [0.5, 0.6) is 0 Å². The van der Waals surface area contributed by atoms with Crippen LogP contribution >= 0.6 is 23.4 Å². The van der Waals surface area contributed by atoms with E-state index in [2.05, 4.69) is 4.99 Å². The van der Waals surface area contributed by atoms with Gasteiger partial charge in [0.2, 0.25) is 5.91 Å². The second-order valence-corrected chi connectivity index (χ2v) is 8.74. The Morgan fingerprint density at radius 2 is 1.87 bits per heavy atom. The Morgan fingerprint density at radius 1 is 1.17 bits per heavy atom. The molecule has 2 unspecified atom stereocenters. The van der Waals surface area contributed by atoms with Gasteiger partial charge in [-0.15, -0.1) is 0 Å². The zero-order chi connectivity index (χ0) is 21.3. The lowest BCUT2D eigenvalue weighted by Gasteiger charge is -2.33. The van der Waals surface area contributed by atoms with E-state index >= 15 is 0 Å². The first-order valence-electron chi connectivity index (χ1n) is 9.75. The minimum absolute atomic E-state index is 0.0398. The number of halogens is 1. The van der Waals surface area contributed by atoms with Crippen LogP contribution in [0, 0.1) is 0 Å². The van der Waals surface area contributed by atoms with Gasteiger partial charge in [-0.3, -0.25) is 9.69 Å². The predicted molar refractivity (Wildman–Crippen MR) is 119 cm³/mol. The first-order chi connectivity index (χ1) is 14.5. The number of rotatable bonds is 5. The number of thioether (sulfide) groups is 1. The van der Waals surface area contributed by atoms with Gasteiger partial charge in [0.05, 0.1) is 22.6 Å². The molecule has 2 aliphatic rings. The fourth-order valence-electron chi connectivity index (χ4n) is 3.61. The van der Waals surface area contributed by atoms with Crippen LogP contribution in [0.1, 0.15) is 37.4 Å². The number of allylic oxidation sites excluding steroid dienone is 1. The monoisotopic (exact) mass is 440 g/mol. The van der Waals surface area contributed by atoms with Crippen molar-refractivity contribution < 1.29 is 14.3 Å². The van der Waals surface area contributed by atoms with Gasteiger partial charge < -0.3 is 4.74 Å². The van der Waals surface area contributed by atoms with Crippen molar-refractivity contribution in [3.8, 4) is 0 Å². The molecule has 0 N–H and O–H groups in total. The molecule has 4 rings (SSSR count). The Kier molecular flexibility index (Phi) is 5.97. The Morgan fingerprint density at radius 3 is 2.53 bits per heavy atom. The summed E-state index contributed by atoms with van der Waals surface area (Å²) in [6, 6.07) is 16.1. The highest BCUT2D eigenvalue weighted by molar-refractivity contribution is 8.15.